The maximum atomic E-state index is 13.1. The Morgan fingerprint density at radius 2 is 1.66 bits per heavy atom. The number of carbonyl (C=O) groups excluding carboxylic acids is 1. The molecular formula is C29H33F3N4O5. The van der Waals surface area contributed by atoms with E-state index in [0.29, 0.717) is 62.0 Å². The van der Waals surface area contributed by atoms with Crippen LogP contribution in [0, 0.1) is 0 Å². The van der Waals surface area contributed by atoms with Crippen LogP contribution in [0.25, 0.3) is 0 Å². The van der Waals surface area contributed by atoms with Crippen molar-refractivity contribution in [3.63, 3.8) is 0 Å². The molecule has 3 aromatic rings. The number of amides is 1. The summed E-state index contributed by atoms with van der Waals surface area (Å²) in [6.07, 6.45) is -2.47. The van der Waals surface area contributed by atoms with Gasteiger partial charge in [0.2, 0.25) is 11.8 Å². The van der Waals surface area contributed by atoms with Crippen LogP contribution < -0.4 is 9.64 Å². The third-order valence-electron chi connectivity index (χ3n) is 7.14. The van der Waals surface area contributed by atoms with Crippen LogP contribution in [-0.4, -0.2) is 57.3 Å². The number of aliphatic carboxylic acids is 1. The lowest BCUT2D eigenvalue weighted by molar-refractivity contribution is -0.152. The molecule has 1 amide bonds. The fourth-order valence-corrected chi connectivity index (χ4v) is 4.56. The van der Waals surface area contributed by atoms with Crippen molar-refractivity contribution in [1.82, 2.24) is 15.0 Å². The molecule has 9 nitrogen and oxygen atoms in total. The number of carboxylic acids is 1. The van der Waals surface area contributed by atoms with Gasteiger partial charge < -0.3 is 24.2 Å². The molecule has 1 aromatic heterocycles. The molecule has 2 heterocycles. The molecule has 0 unspecified atom stereocenters. The molecular weight excluding hydrogens is 541 g/mol. The van der Waals surface area contributed by atoms with E-state index in [0.717, 1.165) is 17.7 Å². The number of rotatable bonds is 10. The van der Waals surface area contributed by atoms with Gasteiger partial charge >= 0.3 is 12.1 Å². The second kappa shape index (κ2) is 12.2. The number of carboxylic acid groups (broad SMARTS) is 1. The Kier molecular flexibility index (Phi) is 8.89. The largest absolute Gasteiger partial charge is 0.478 e. The highest BCUT2D eigenvalue weighted by atomic mass is 19.4. The van der Waals surface area contributed by atoms with Crippen molar-refractivity contribution in [2.24, 2.45) is 0 Å². The standard InChI is InChI=1S/C29H33F3N4O5/c1-19(37)35-16-13-22(14-17-35)25-33-27(34-41-25)36(18-21-4-8-23(9-5-21)29(30,31)32)15-12-20-6-10-24(11-7-20)40-28(2,3)26(38)39/h4-11,22H,12-18H2,1-3H3,(H,38,39). The molecule has 0 radical (unpaired) electrons. The van der Waals surface area contributed by atoms with Crippen LogP contribution in [0.5, 0.6) is 5.75 Å². The molecule has 12 heteroatoms. The first-order chi connectivity index (χ1) is 19.3. The summed E-state index contributed by atoms with van der Waals surface area (Å²) in [5, 5.41) is 13.5. The van der Waals surface area contributed by atoms with E-state index < -0.39 is 23.3 Å². The summed E-state index contributed by atoms with van der Waals surface area (Å²) in [6.45, 7) is 6.38. The van der Waals surface area contributed by atoms with Gasteiger partial charge in [0.25, 0.3) is 5.95 Å². The number of halogens is 3. The summed E-state index contributed by atoms with van der Waals surface area (Å²) < 4.78 is 50.3. The van der Waals surface area contributed by atoms with Gasteiger partial charge in [-0.15, -0.1) is 0 Å². The highest BCUT2D eigenvalue weighted by Gasteiger charge is 2.31. The molecule has 220 valence electrons. The Balaban J connectivity index is 1.48. The molecule has 0 saturated carbocycles. The summed E-state index contributed by atoms with van der Waals surface area (Å²) in [5.41, 5.74) is -0.513. The number of hydrogen-bond donors (Lipinski definition) is 1. The molecule has 0 spiro atoms. The maximum Gasteiger partial charge on any atom is 0.416 e. The normalized spacial score (nSPS) is 14.6. The molecule has 0 bridgehead atoms. The first-order valence-corrected chi connectivity index (χ1v) is 13.3. The number of nitrogens with zero attached hydrogens (tertiary/aromatic N) is 4. The lowest BCUT2D eigenvalue weighted by Crippen LogP contribution is -2.37. The summed E-state index contributed by atoms with van der Waals surface area (Å²) in [7, 11) is 0. The van der Waals surface area contributed by atoms with E-state index >= 15 is 0 Å². The van der Waals surface area contributed by atoms with Gasteiger partial charge in [0, 0.05) is 39.0 Å². The van der Waals surface area contributed by atoms with Crippen LogP contribution in [-0.2, 0) is 28.7 Å². The zero-order valence-corrected chi connectivity index (χ0v) is 23.1. The lowest BCUT2D eigenvalue weighted by atomic mass is 9.97. The van der Waals surface area contributed by atoms with Crippen molar-refractivity contribution in [2.45, 2.75) is 64.3 Å². The SMILES string of the molecule is CC(=O)N1CCC(c2nc(N(CCc3ccc(OC(C)(C)C(=O)O)cc3)Cc3ccc(C(F)(F)F)cc3)no2)CC1. The fraction of sp³-hybridized carbons (Fsp3) is 0.448. The number of likely N-dealkylation sites (tertiary alicyclic amines) is 1. The number of ether oxygens (including phenoxy) is 1. The van der Waals surface area contributed by atoms with E-state index in [-0.39, 0.29) is 18.4 Å². The third kappa shape index (κ3) is 7.77. The van der Waals surface area contributed by atoms with Gasteiger partial charge in [-0.1, -0.05) is 24.3 Å². The van der Waals surface area contributed by atoms with Gasteiger partial charge in [-0.25, -0.2) is 4.79 Å². The van der Waals surface area contributed by atoms with Gasteiger partial charge in [-0.05, 0) is 73.7 Å². The molecule has 1 fully saturated rings. The highest BCUT2D eigenvalue weighted by Crippen LogP contribution is 2.31. The van der Waals surface area contributed by atoms with Crippen molar-refractivity contribution < 1.29 is 37.1 Å². The third-order valence-corrected chi connectivity index (χ3v) is 7.14. The highest BCUT2D eigenvalue weighted by molar-refractivity contribution is 5.76. The number of anilines is 1. The predicted molar refractivity (Wildman–Crippen MR) is 144 cm³/mol. The first kappa shape index (κ1) is 29.9. The monoisotopic (exact) mass is 574 g/mol. The van der Waals surface area contributed by atoms with Crippen LogP contribution in [0.1, 0.15) is 62.1 Å². The summed E-state index contributed by atoms with van der Waals surface area (Å²) in [4.78, 5) is 31.3. The molecule has 41 heavy (non-hydrogen) atoms. The maximum absolute atomic E-state index is 13.1. The zero-order valence-electron chi connectivity index (χ0n) is 23.1. The predicted octanol–water partition coefficient (Wildman–Crippen LogP) is 5.31. The average molecular weight is 575 g/mol. The van der Waals surface area contributed by atoms with Gasteiger partial charge in [-0.3, -0.25) is 4.79 Å². The number of carbonyl (C=O) groups is 2. The molecule has 0 aliphatic carbocycles. The van der Waals surface area contributed by atoms with Crippen LogP contribution >= 0.6 is 0 Å². The zero-order chi connectivity index (χ0) is 29.8. The Bertz CT molecular complexity index is 1330. The number of hydrogen-bond acceptors (Lipinski definition) is 7. The van der Waals surface area contributed by atoms with Gasteiger partial charge in [0.15, 0.2) is 5.60 Å². The van der Waals surface area contributed by atoms with E-state index in [1.165, 1.54) is 26.0 Å². The lowest BCUT2D eigenvalue weighted by Gasteiger charge is -2.29. The molecule has 1 saturated heterocycles. The molecule has 1 N–H and O–H groups in total. The summed E-state index contributed by atoms with van der Waals surface area (Å²) in [5.74, 6) is 0.191. The number of alkyl halides is 3. The van der Waals surface area contributed by atoms with Crippen LogP contribution in [0.4, 0.5) is 19.1 Å². The van der Waals surface area contributed by atoms with Gasteiger partial charge in [0.1, 0.15) is 5.75 Å². The van der Waals surface area contributed by atoms with E-state index in [4.69, 9.17) is 9.26 Å². The second-order valence-corrected chi connectivity index (χ2v) is 10.6. The van der Waals surface area contributed by atoms with Crippen LogP contribution in [0.2, 0.25) is 0 Å². The second-order valence-electron chi connectivity index (χ2n) is 10.6. The van der Waals surface area contributed by atoms with Crippen LogP contribution in [0.15, 0.2) is 53.1 Å². The topological polar surface area (TPSA) is 109 Å². The van der Waals surface area contributed by atoms with E-state index in [2.05, 4.69) is 10.1 Å². The average Bonchev–Trinajstić information content (AvgIpc) is 3.42. The summed E-state index contributed by atoms with van der Waals surface area (Å²) >= 11 is 0. The van der Waals surface area contributed by atoms with Crippen molar-refractivity contribution in [3.05, 3.63) is 71.1 Å². The van der Waals surface area contributed by atoms with E-state index in [1.807, 2.05) is 17.0 Å². The molecule has 0 atom stereocenters. The minimum absolute atomic E-state index is 0.0161. The quantitative estimate of drug-likeness (QED) is 0.347. The molecule has 4 rings (SSSR count). The Hall–Kier alpha value is -4.09. The minimum Gasteiger partial charge on any atom is -0.478 e. The minimum atomic E-state index is -4.42. The van der Waals surface area contributed by atoms with Gasteiger partial charge in [-0.2, -0.15) is 18.2 Å². The smallest absolute Gasteiger partial charge is 0.416 e. The van der Waals surface area contributed by atoms with Crippen molar-refractivity contribution >= 4 is 17.8 Å². The Morgan fingerprint density at radius 1 is 1.05 bits per heavy atom. The molecule has 1 aliphatic rings. The Labute approximate surface area is 235 Å². The van der Waals surface area contributed by atoms with Crippen LogP contribution in [0.3, 0.4) is 0 Å². The molecule has 1 aliphatic heterocycles. The van der Waals surface area contributed by atoms with Crippen molar-refractivity contribution in [1.29, 1.82) is 0 Å². The van der Waals surface area contributed by atoms with E-state index in [9.17, 15) is 27.9 Å². The number of benzene rings is 2. The summed E-state index contributed by atoms with van der Waals surface area (Å²) in [6, 6.07) is 12.0. The Morgan fingerprint density at radius 3 is 2.22 bits per heavy atom. The first-order valence-electron chi connectivity index (χ1n) is 13.3. The van der Waals surface area contributed by atoms with Gasteiger partial charge in [0.05, 0.1) is 5.56 Å². The van der Waals surface area contributed by atoms with Crippen molar-refractivity contribution in [2.75, 3.05) is 24.5 Å². The fourth-order valence-electron chi connectivity index (χ4n) is 4.56. The number of aromatic nitrogens is 2. The van der Waals surface area contributed by atoms with Crippen molar-refractivity contribution in [3.8, 4) is 5.75 Å². The van der Waals surface area contributed by atoms with E-state index in [1.54, 1.807) is 24.0 Å². The molecule has 2 aromatic carbocycles. The number of piperidine rings is 1.